The van der Waals surface area contributed by atoms with Crippen molar-refractivity contribution in [3.8, 4) is 0 Å². The van der Waals surface area contributed by atoms with Gasteiger partial charge in [0, 0.05) is 19.0 Å². The third-order valence-corrected chi connectivity index (χ3v) is 6.38. The number of carbonyl (C=O) groups excluding carboxylic acids is 1. The van der Waals surface area contributed by atoms with Gasteiger partial charge in [0.1, 0.15) is 4.90 Å². The first kappa shape index (κ1) is 22.5. The van der Waals surface area contributed by atoms with E-state index in [4.69, 9.17) is 23.2 Å². The molecule has 1 fully saturated rings. The molecule has 25 heavy (non-hydrogen) atoms. The Morgan fingerprint density at radius 2 is 1.96 bits per heavy atom. The van der Waals surface area contributed by atoms with Crippen LogP contribution in [0.2, 0.25) is 10.0 Å². The van der Waals surface area contributed by atoms with Crippen LogP contribution in [0, 0.1) is 5.92 Å². The van der Waals surface area contributed by atoms with Gasteiger partial charge < -0.3 is 10.6 Å². The fraction of sp³-hybridized carbons (Fsp3) is 0.533. The SMILES string of the molecule is CC1CNCCC1NC(=O)CCNS(=O)(=O)c1c(Cl)cccc1Cl.Cl. The summed E-state index contributed by atoms with van der Waals surface area (Å²) in [5, 5.41) is 6.30. The van der Waals surface area contributed by atoms with Gasteiger partial charge in [0.25, 0.3) is 0 Å². The van der Waals surface area contributed by atoms with Gasteiger partial charge in [-0.05, 0) is 37.6 Å². The first-order valence-corrected chi connectivity index (χ1v) is 9.99. The molecule has 0 aliphatic carbocycles. The highest BCUT2D eigenvalue weighted by Gasteiger charge is 2.24. The van der Waals surface area contributed by atoms with E-state index in [9.17, 15) is 13.2 Å². The summed E-state index contributed by atoms with van der Waals surface area (Å²) in [6, 6.07) is 4.59. The quantitative estimate of drug-likeness (QED) is 0.645. The van der Waals surface area contributed by atoms with Gasteiger partial charge in [0.15, 0.2) is 0 Å². The number of hydrogen-bond donors (Lipinski definition) is 3. The molecule has 3 N–H and O–H groups in total. The van der Waals surface area contributed by atoms with Crippen LogP contribution in [-0.2, 0) is 14.8 Å². The molecule has 2 rings (SSSR count). The first-order chi connectivity index (χ1) is 11.3. The maximum atomic E-state index is 12.3. The Morgan fingerprint density at radius 1 is 1.32 bits per heavy atom. The van der Waals surface area contributed by atoms with Crippen molar-refractivity contribution in [2.45, 2.75) is 30.7 Å². The van der Waals surface area contributed by atoms with Crippen LogP contribution in [-0.4, -0.2) is 40.0 Å². The second kappa shape index (κ2) is 9.94. The maximum Gasteiger partial charge on any atom is 0.243 e. The molecule has 1 aliphatic heterocycles. The molecule has 10 heteroatoms. The molecule has 1 aromatic carbocycles. The first-order valence-electron chi connectivity index (χ1n) is 7.75. The van der Waals surface area contributed by atoms with Crippen molar-refractivity contribution in [2.24, 2.45) is 5.92 Å². The largest absolute Gasteiger partial charge is 0.353 e. The summed E-state index contributed by atoms with van der Waals surface area (Å²) in [5.41, 5.74) is 0. The predicted octanol–water partition coefficient (Wildman–Crippen LogP) is 2.20. The number of rotatable bonds is 6. The number of nitrogens with one attached hydrogen (secondary N) is 3. The van der Waals surface area contributed by atoms with Crippen LogP contribution >= 0.6 is 35.6 Å². The zero-order chi connectivity index (χ0) is 17.7. The van der Waals surface area contributed by atoms with Gasteiger partial charge in [-0.15, -0.1) is 12.4 Å². The number of benzene rings is 1. The van der Waals surface area contributed by atoms with Crippen molar-refractivity contribution in [3.63, 3.8) is 0 Å². The number of sulfonamides is 1. The highest BCUT2D eigenvalue weighted by Crippen LogP contribution is 2.28. The average Bonchev–Trinajstić information content (AvgIpc) is 2.49. The number of amides is 1. The summed E-state index contributed by atoms with van der Waals surface area (Å²) in [6.45, 7) is 3.78. The molecule has 142 valence electrons. The normalized spacial score (nSPS) is 20.6. The molecule has 0 spiro atoms. The third-order valence-electron chi connectivity index (χ3n) is 3.96. The van der Waals surface area contributed by atoms with E-state index in [1.165, 1.54) is 12.1 Å². The van der Waals surface area contributed by atoms with Crippen molar-refractivity contribution in [1.29, 1.82) is 0 Å². The van der Waals surface area contributed by atoms with E-state index in [-0.39, 0.29) is 52.3 Å². The van der Waals surface area contributed by atoms with E-state index in [0.717, 1.165) is 19.5 Å². The lowest BCUT2D eigenvalue weighted by atomic mass is 9.95. The molecule has 1 saturated heterocycles. The average molecular weight is 431 g/mol. The van der Waals surface area contributed by atoms with E-state index in [0.29, 0.717) is 5.92 Å². The fourth-order valence-corrected chi connectivity index (χ4v) is 4.79. The van der Waals surface area contributed by atoms with Crippen LogP contribution in [0.3, 0.4) is 0 Å². The Balaban J connectivity index is 0.00000312. The zero-order valence-corrected chi connectivity index (χ0v) is 16.9. The second-order valence-electron chi connectivity index (χ2n) is 5.84. The van der Waals surface area contributed by atoms with Crippen LogP contribution in [0.15, 0.2) is 23.1 Å². The molecular weight excluding hydrogens is 409 g/mol. The van der Waals surface area contributed by atoms with Crippen molar-refractivity contribution in [3.05, 3.63) is 28.2 Å². The molecule has 6 nitrogen and oxygen atoms in total. The summed E-state index contributed by atoms with van der Waals surface area (Å²) >= 11 is 11.8. The summed E-state index contributed by atoms with van der Waals surface area (Å²) in [5.74, 6) is 0.169. The van der Waals surface area contributed by atoms with Crippen LogP contribution in [0.4, 0.5) is 0 Å². The Hall–Kier alpha value is -0.570. The smallest absolute Gasteiger partial charge is 0.243 e. The van der Waals surface area contributed by atoms with Crippen molar-refractivity contribution in [1.82, 2.24) is 15.4 Å². The minimum Gasteiger partial charge on any atom is -0.353 e. The van der Waals surface area contributed by atoms with E-state index in [1.807, 2.05) is 0 Å². The molecule has 0 radical (unpaired) electrons. The van der Waals surface area contributed by atoms with Crippen LogP contribution in [0.25, 0.3) is 0 Å². The molecule has 0 aromatic heterocycles. The van der Waals surface area contributed by atoms with Crippen LogP contribution < -0.4 is 15.4 Å². The number of piperidine rings is 1. The Morgan fingerprint density at radius 3 is 2.56 bits per heavy atom. The van der Waals surface area contributed by atoms with Gasteiger partial charge in [-0.25, -0.2) is 13.1 Å². The third kappa shape index (κ3) is 6.27. The summed E-state index contributed by atoms with van der Waals surface area (Å²) < 4.78 is 26.9. The molecule has 2 unspecified atom stereocenters. The molecule has 2 atom stereocenters. The molecule has 1 heterocycles. The Labute approximate surface area is 164 Å². The lowest BCUT2D eigenvalue weighted by molar-refractivity contribution is -0.122. The van der Waals surface area contributed by atoms with Gasteiger partial charge in [-0.1, -0.05) is 36.2 Å². The summed E-state index contributed by atoms with van der Waals surface area (Å²) in [7, 11) is -3.87. The lowest BCUT2D eigenvalue weighted by Crippen LogP contribution is -2.48. The minimum atomic E-state index is -3.87. The zero-order valence-electron chi connectivity index (χ0n) is 13.7. The van der Waals surface area contributed by atoms with Crippen molar-refractivity contribution >= 4 is 51.5 Å². The predicted molar refractivity (Wildman–Crippen MR) is 102 cm³/mol. The standard InChI is InChI=1S/C15H21Cl2N3O3S.ClH/c1-10-9-18-7-5-13(10)20-14(21)6-8-19-24(22,23)15-11(16)3-2-4-12(15)17;/h2-4,10,13,18-19H,5-9H2,1H3,(H,20,21);1H. The van der Waals surface area contributed by atoms with E-state index < -0.39 is 10.0 Å². The van der Waals surface area contributed by atoms with Gasteiger partial charge in [-0.3, -0.25) is 4.79 Å². The molecule has 1 amide bonds. The summed E-state index contributed by atoms with van der Waals surface area (Å²) in [6.07, 6.45) is 0.922. The second-order valence-corrected chi connectivity index (χ2v) is 8.36. The Bertz CT molecular complexity index is 680. The van der Waals surface area contributed by atoms with Crippen molar-refractivity contribution in [2.75, 3.05) is 19.6 Å². The highest BCUT2D eigenvalue weighted by atomic mass is 35.5. The lowest BCUT2D eigenvalue weighted by Gasteiger charge is -2.30. The van der Waals surface area contributed by atoms with E-state index >= 15 is 0 Å². The molecule has 1 aromatic rings. The number of halogens is 3. The molecule has 0 saturated carbocycles. The number of hydrogen-bond acceptors (Lipinski definition) is 4. The van der Waals surface area contributed by atoms with E-state index in [1.54, 1.807) is 6.07 Å². The monoisotopic (exact) mass is 429 g/mol. The molecular formula is C15H22Cl3N3O3S. The Kier molecular flexibility index (Phi) is 8.94. The van der Waals surface area contributed by atoms with Crippen molar-refractivity contribution < 1.29 is 13.2 Å². The highest BCUT2D eigenvalue weighted by molar-refractivity contribution is 7.89. The van der Waals surface area contributed by atoms with E-state index in [2.05, 4.69) is 22.3 Å². The topological polar surface area (TPSA) is 87.3 Å². The number of carbonyl (C=O) groups is 1. The van der Waals surface area contributed by atoms with Gasteiger partial charge in [0.2, 0.25) is 15.9 Å². The summed E-state index contributed by atoms with van der Waals surface area (Å²) in [4.78, 5) is 11.8. The van der Waals surface area contributed by atoms with Crippen LogP contribution in [0.1, 0.15) is 19.8 Å². The maximum absolute atomic E-state index is 12.3. The molecule has 0 bridgehead atoms. The van der Waals surface area contributed by atoms with Gasteiger partial charge in [0.05, 0.1) is 10.0 Å². The fourth-order valence-electron chi connectivity index (χ4n) is 2.62. The van der Waals surface area contributed by atoms with Gasteiger partial charge >= 0.3 is 0 Å². The molecule has 1 aliphatic rings. The van der Waals surface area contributed by atoms with Gasteiger partial charge in [-0.2, -0.15) is 0 Å². The minimum absolute atomic E-state index is 0. The van der Waals surface area contributed by atoms with Crippen LogP contribution in [0.5, 0.6) is 0 Å².